The summed E-state index contributed by atoms with van der Waals surface area (Å²) in [5, 5.41) is 12.2. The van der Waals surface area contributed by atoms with Crippen LogP contribution in [0.4, 0.5) is 13.2 Å². The smallest absolute Gasteiger partial charge is 0.416 e. The van der Waals surface area contributed by atoms with E-state index >= 15 is 0 Å². The standard InChI is InChI=1S/C28H27F3N4O2S/c1-4-20-7-5-6-18(2)25(20)35-24(16-32-26(36)21-10-14-23(37-3)15-11-21)33-34-27(35)38-17-19-8-12-22(13-9-19)28(29,30)31/h5-15H,4,16-17H2,1-3H3,(H,32,36). The maximum atomic E-state index is 12.9. The minimum atomic E-state index is -4.38. The number of halogens is 3. The van der Waals surface area contributed by atoms with Crippen molar-refractivity contribution in [3.05, 3.63) is 100 Å². The van der Waals surface area contributed by atoms with Crippen LogP contribution in [-0.2, 0) is 24.9 Å². The van der Waals surface area contributed by atoms with Crippen molar-refractivity contribution in [2.24, 2.45) is 0 Å². The normalized spacial score (nSPS) is 11.4. The minimum absolute atomic E-state index is 0.135. The Labute approximate surface area is 223 Å². The van der Waals surface area contributed by atoms with Crippen LogP contribution in [0.25, 0.3) is 5.69 Å². The van der Waals surface area contributed by atoms with Crippen molar-refractivity contribution in [2.75, 3.05) is 7.11 Å². The molecular weight excluding hydrogens is 513 g/mol. The van der Waals surface area contributed by atoms with Gasteiger partial charge in [-0.1, -0.05) is 49.0 Å². The molecule has 0 bridgehead atoms. The van der Waals surface area contributed by atoms with Gasteiger partial charge in [-0.2, -0.15) is 13.2 Å². The Bertz CT molecular complexity index is 1400. The maximum absolute atomic E-state index is 12.9. The molecule has 1 N–H and O–H groups in total. The molecule has 3 aromatic carbocycles. The largest absolute Gasteiger partial charge is 0.497 e. The summed E-state index contributed by atoms with van der Waals surface area (Å²) >= 11 is 1.37. The Balaban J connectivity index is 1.60. The van der Waals surface area contributed by atoms with E-state index < -0.39 is 11.7 Å². The van der Waals surface area contributed by atoms with Gasteiger partial charge in [0, 0.05) is 11.3 Å². The number of benzene rings is 3. The molecule has 0 saturated heterocycles. The monoisotopic (exact) mass is 540 g/mol. The number of nitrogens with one attached hydrogen (secondary N) is 1. The highest BCUT2D eigenvalue weighted by atomic mass is 32.2. The number of thioether (sulfide) groups is 1. The molecule has 198 valence electrons. The summed E-state index contributed by atoms with van der Waals surface area (Å²) in [7, 11) is 1.56. The van der Waals surface area contributed by atoms with Crippen LogP contribution in [0, 0.1) is 6.92 Å². The number of hydrogen-bond acceptors (Lipinski definition) is 5. The molecule has 1 aromatic heterocycles. The fraction of sp³-hybridized carbons (Fsp3) is 0.250. The lowest BCUT2D eigenvalue weighted by atomic mass is 10.1. The lowest BCUT2D eigenvalue weighted by Crippen LogP contribution is -2.25. The molecule has 0 unspecified atom stereocenters. The topological polar surface area (TPSA) is 69.0 Å². The third-order valence-corrected chi connectivity index (χ3v) is 7.03. The number of aromatic nitrogens is 3. The van der Waals surface area contributed by atoms with Gasteiger partial charge in [0.1, 0.15) is 5.75 Å². The summed E-state index contributed by atoms with van der Waals surface area (Å²) in [6.07, 6.45) is -3.60. The van der Waals surface area contributed by atoms with Crippen LogP contribution < -0.4 is 10.1 Å². The average molecular weight is 541 g/mol. The highest BCUT2D eigenvalue weighted by Gasteiger charge is 2.30. The Morgan fingerprint density at radius 2 is 1.74 bits per heavy atom. The van der Waals surface area contributed by atoms with Crippen molar-refractivity contribution in [3.8, 4) is 11.4 Å². The first-order valence-corrected chi connectivity index (χ1v) is 12.9. The number of para-hydroxylation sites is 1. The van der Waals surface area contributed by atoms with Crippen LogP contribution >= 0.6 is 11.8 Å². The van der Waals surface area contributed by atoms with Crippen molar-refractivity contribution < 1.29 is 22.7 Å². The third kappa shape index (κ3) is 6.19. The van der Waals surface area contributed by atoms with Crippen LogP contribution in [-0.4, -0.2) is 27.8 Å². The van der Waals surface area contributed by atoms with Gasteiger partial charge in [-0.3, -0.25) is 9.36 Å². The molecule has 4 aromatic rings. The minimum Gasteiger partial charge on any atom is -0.497 e. The van der Waals surface area contributed by atoms with Crippen molar-refractivity contribution in [1.29, 1.82) is 0 Å². The van der Waals surface area contributed by atoms with E-state index in [1.807, 2.05) is 29.7 Å². The summed E-state index contributed by atoms with van der Waals surface area (Å²) in [5.41, 5.74) is 3.57. The Hall–Kier alpha value is -3.79. The first-order valence-electron chi connectivity index (χ1n) is 12.0. The molecule has 38 heavy (non-hydrogen) atoms. The summed E-state index contributed by atoms with van der Waals surface area (Å²) in [4.78, 5) is 12.8. The zero-order valence-electron chi connectivity index (χ0n) is 21.2. The van der Waals surface area contributed by atoms with E-state index in [2.05, 4.69) is 22.4 Å². The number of alkyl halides is 3. The van der Waals surface area contributed by atoms with Gasteiger partial charge in [0.2, 0.25) is 0 Å². The molecule has 10 heteroatoms. The van der Waals surface area contributed by atoms with E-state index in [1.54, 1.807) is 31.4 Å². The van der Waals surface area contributed by atoms with Crippen LogP contribution in [0.15, 0.2) is 71.9 Å². The van der Waals surface area contributed by atoms with Gasteiger partial charge in [-0.25, -0.2) is 0 Å². The molecular formula is C28H27F3N4O2S. The van der Waals surface area contributed by atoms with Gasteiger partial charge in [0.25, 0.3) is 5.91 Å². The molecule has 0 saturated carbocycles. The number of rotatable bonds is 9. The van der Waals surface area contributed by atoms with E-state index in [-0.39, 0.29) is 12.5 Å². The van der Waals surface area contributed by atoms with Gasteiger partial charge in [0.05, 0.1) is 24.9 Å². The zero-order chi connectivity index (χ0) is 27.3. The molecule has 0 aliphatic heterocycles. The van der Waals surface area contributed by atoms with Crippen LogP contribution in [0.3, 0.4) is 0 Å². The molecule has 0 radical (unpaired) electrons. The molecule has 0 atom stereocenters. The van der Waals surface area contributed by atoms with E-state index in [1.165, 1.54) is 23.9 Å². The van der Waals surface area contributed by atoms with Gasteiger partial charge in [-0.05, 0) is 66.4 Å². The lowest BCUT2D eigenvalue weighted by molar-refractivity contribution is -0.137. The first-order chi connectivity index (χ1) is 18.2. The van der Waals surface area contributed by atoms with Gasteiger partial charge in [-0.15, -0.1) is 10.2 Å². The fourth-order valence-electron chi connectivity index (χ4n) is 4.00. The number of hydrogen-bond donors (Lipinski definition) is 1. The highest BCUT2D eigenvalue weighted by Crippen LogP contribution is 2.32. The maximum Gasteiger partial charge on any atom is 0.416 e. The van der Waals surface area contributed by atoms with Gasteiger partial charge in [0.15, 0.2) is 11.0 Å². The van der Waals surface area contributed by atoms with E-state index in [0.29, 0.717) is 28.0 Å². The molecule has 1 heterocycles. The number of amides is 1. The van der Waals surface area contributed by atoms with Crippen molar-refractivity contribution in [3.63, 3.8) is 0 Å². The first kappa shape index (κ1) is 27.3. The zero-order valence-corrected chi connectivity index (χ0v) is 22.0. The molecule has 0 spiro atoms. The summed E-state index contributed by atoms with van der Waals surface area (Å²) in [6, 6.07) is 17.9. The number of carbonyl (C=O) groups is 1. The molecule has 1 amide bonds. The Kier molecular flexibility index (Phi) is 8.41. The summed E-state index contributed by atoms with van der Waals surface area (Å²) < 4.78 is 45.9. The second kappa shape index (κ2) is 11.7. The van der Waals surface area contributed by atoms with Crippen LogP contribution in [0.5, 0.6) is 5.75 Å². The SMILES string of the molecule is CCc1cccc(C)c1-n1c(CNC(=O)c2ccc(OC)cc2)nnc1SCc1ccc(C(F)(F)F)cc1. The van der Waals surface area contributed by atoms with Crippen molar-refractivity contribution >= 4 is 17.7 Å². The third-order valence-electron chi connectivity index (χ3n) is 6.03. The molecule has 0 aliphatic rings. The second-order valence-corrected chi connectivity index (χ2v) is 9.51. The molecule has 4 rings (SSSR count). The number of aryl methyl sites for hydroxylation is 2. The van der Waals surface area contributed by atoms with E-state index in [4.69, 9.17) is 4.74 Å². The van der Waals surface area contributed by atoms with Gasteiger partial charge >= 0.3 is 6.18 Å². The molecule has 6 nitrogen and oxygen atoms in total. The molecule has 0 fully saturated rings. The van der Waals surface area contributed by atoms with Crippen LogP contribution in [0.2, 0.25) is 0 Å². The predicted molar refractivity (Wildman–Crippen MR) is 141 cm³/mol. The average Bonchev–Trinajstić information content (AvgIpc) is 3.32. The molecule has 0 aliphatic carbocycles. The van der Waals surface area contributed by atoms with E-state index in [9.17, 15) is 18.0 Å². The predicted octanol–water partition coefficient (Wildman–Crippen LogP) is 6.39. The quantitative estimate of drug-likeness (QED) is 0.249. The highest BCUT2D eigenvalue weighted by molar-refractivity contribution is 7.98. The van der Waals surface area contributed by atoms with E-state index in [0.717, 1.165) is 40.9 Å². The van der Waals surface area contributed by atoms with Gasteiger partial charge < -0.3 is 10.1 Å². The fourth-order valence-corrected chi connectivity index (χ4v) is 4.91. The van der Waals surface area contributed by atoms with Crippen LogP contribution in [0.1, 0.15) is 45.4 Å². The Morgan fingerprint density at radius 1 is 1.03 bits per heavy atom. The number of carbonyl (C=O) groups excluding carboxylic acids is 1. The van der Waals surface area contributed by atoms with Crippen molar-refractivity contribution in [1.82, 2.24) is 20.1 Å². The number of methoxy groups -OCH3 is 1. The summed E-state index contributed by atoms with van der Waals surface area (Å²) in [5.74, 6) is 1.34. The number of nitrogens with zero attached hydrogens (tertiary/aromatic N) is 3. The number of ether oxygens (including phenoxy) is 1. The Morgan fingerprint density at radius 3 is 2.37 bits per heavy atom. The lowest BCUT2D eigenvalue weighted by Gasteiger charge is -2.17. The second-order valence-electron chi connectivity index (χ2n) is 8.56. The van der Waals surface area contributed by atoms with Crippen molar-refractivity contribution in [2.45, 2.75) is 43.9 Å². The summed E-state index contributed by atoms with van der Waals surface area (Å²) in [6.45, 7) is 4.19.